The van der Waals surface area contributed by atoms with E-state index in [0.29, 0.717) is 0 Å². The van der Waals surface area contributed by atoms with Crippen LogP contribution < -0.4 is 0 Å². The van der Waals surface area contributed by atoms with Gasteiger partial charge < -0.3 is 5.21 Å². The molecule has 2 aromatic rings. The summed E-state index contributed by atoms with van der Waals surface area (Å²) in [7, 11) is 0. The number of oxime groups is 1. The number of hydrogen-bond acceptors (Lipinski definition) is 3. The van der Waals surface area contributed by atoms with Gasteiger partial charge in [0.25, 0.3) is 0 Å². The van der Waals surface area contributed by atoms with Crippen LogP contribution in [0, 0.1) is 0 Å². The van der Waals surface area contributed by atoms with Crippen molar-refractivity contribution in [1.82, 2.24) is 4.90 Å². The van der Waals surface area contributed by atoms with Gasteiger partial charge in [0.1, 0.15) is 0 Å². The Balaban J connectivity index is 1.81. The molecule has 2 aromatic carbocycles. The third-order valence-corrected chi connectivity index (χ3v) is 4.32. The van der Waals surface area contributed by atoms with Crippen molar-refractivity contribution >= 4 is 5.71 Å². The van der Waals surface area contributed by atoms with E-state index in [1.54, 1.807) is 0 Å². The Labute approximate surface area is 131 Å². The van der Waals surface area contributed by atoms with Gasteiger partial charge in [-0.25, -0.2) is 0 Å². The van der Waals surface area contributed by atoms with Crippen molar-refractivity contribution in [3.05, 3.63) is 71.8 Å². The second-order valence-corrected chi connectivity index (χ2v) is 5.88. The van der Waals surface area contributed by atoms with Crippen molar-refractivity contribution in [2.45, 2.75) is 38.4 Å². The van der Waals surface area contributed by atoms with E-state index in [4.69, 9.17) is 0 Å². The smallest absolute Gasteiger partial charge is 0.0742 e. The molecule has 1 atom stereocenters. The highest BCUT2D eigenvalue weighted by atomic mass is 16.4. The predicted molar refractivity (Wildman–Crippen MR) is 89.0 cm³/mol. The third kappa shape index (κ3) is 3.55. The molecule has 0 saturated heterocycles. The van der Waals surface area contributed by atoms with Gasteiger partial charge in [0.2, 0.25) is 0 Å². The molecule has 0 aromatic heterocycles. The van der Waals surface area contributed by atoms with E-state index in [1.807, 2.05) is 12.1 Å². The number of hydrogen-bond donors (Lipinski definition) is 1. The summed E-state index contributed by atoms with van der Waals surface area (Å²) >= 11 is 0. The maximum absolute atomic E-state index is 9.28. The molecule has 1 N–H and O–H groups in total. The van der Waals surface area contributed by atoms with Gasteiger partial charge in [0.05, 0.1) is 11.8 Å². The Bertz CT molecular complexity index is 568. The lowest BCUT2D eigenvalue weighted by atomic mass is 10.1. The summed E-state index contributed by atoms with van der Waals surface area (Å²) in [5.41, 5.74) is 3.51. The van der Waals surface area contributed by atoms with Crippen molar-refractivity contribution in [1.29, 1.82) is 0 Å². The van der Waals surface area contributed by atoms with Gasteiger partial charge in [-0.2, -0.15) is 0 Å². The van der Waals surface area contributed by atoms with Crippen LogP contribution >= 0.6 is 0 Å². The fraction of sp³-hybridized carbons (Fsp3) is 0.316. The lowest BCUT2D eigenvalue weighted by molar-refractivity contribution is 0.216. The standard InChI is InChI=1S/C19H22N2O/c22-20-18-12-7-13-19(18)21(14-16-8-3-1-4-9-16)15-17-10-5-2-6-11-17/h1-6,8-11,19,22H,7,12-15H2/b20-18+/t19-/m1/s1. The summed E-state index contributed by atoms with van der Waals surface area (Å²) in [5.74, 6) is 0. The minimum Gasteiger partial charge on any atom is -0.411 e. The van der Waals surface area contributed by atoms with Crippen LogP contribution in [0.15, 0.2) is 65.8 Å². The Morgan fingerprint density at radius 2 is 1.45 bits per heavy atom. The molecular formula is C19H22N2O. The molecule has 0 spiro atoms. The van der Waals surface area contributed by atoms with E-state index < -0.39 is 0 Å². The van der Waals surface area contributed by atoms with E-state index in [2.05, 4.69) is 58.6 Å². The molecule has 114 valence electrons. The molecule has 1 saturated carbocycles. The van der Waals surface area contributed by atoms with Gasteiger partial charge in [-0.05, 0) is 30.4 Å². The van der Waals surface area contributed by atoms with Gasteiger partial charge in [0, 0.05) is 13.1 Å². The normalized spacial score (nSPS) is 19.9. The first-order chi connectivity index (χ1) is 10.9. The van der Waals surface area contributed by atoms with Crippen LogP contribution in [0.3, 0.4) is 0 Å². The highest BCUT2D eigenvalue weighted by Crippen LogP contribution is 2.25. The zero-order chi connectivity index (χ0) is 15.2. The number of benzene rings is 2. The van der Waals surface area contributed by atoms with Gasteiger partial charge >= 0.3 is 0 Å². The van der Waals surface area contributed by atoms with Crippen LogP contribution in [0.5, 0.6) is 0 Å². The van der Waals surface area contributed by atoms with E-state index in [-0.39, 0.29) is 6.04 Å². The van der Waals surface area contributed by atoms with Gasteiger partial charge in [-0.1, -0.05) is 65.8 Å². The molecule has 1 aliphatic carbocycles. The molecule has 3 rings (SSSR count). The average Bonchev–Trinajstić information content (AvgIpc) is 3.05. The Hall–Kier alpha value is -2.13. The van der Waals surface area contributed by atoms with E-state index >= 15 is 0 Å². The van der Waals surface area contributed by atoms with Crippen LogP contribution in [-0.2, 0) is 13.1 Å². The summed E-state index contributed by atoms with van der Waals surface area (Å²) in [5, 5.41) is 12.8. The van der Waals surface area contributed by atoms with Crippen molar-refractivity contribution < 1.29 is 5.21 Å². The Morgan fingerprint density at radius 3 is 1.95 bits per heavy atom. The second-order valence-electron chi connectivity index (χ2n) is 5.88. The van der Waals surface area contributed by atoms with Crippen molar-refractivity contribution in [2.24, 2.45) is 5.16 Å². The molecule has 1 fully saturated rings. The van der Waals surface area contributed by atoms with Gasteiger partial charge in [0.15, 0.2) is 0 Å². The quantitative estimate of drug-likeness (QED) is 0.666. The summed E-state index contributed by atoms with van der Waals surface area (Å²) in [6, 6.07) is 21.2. The van der Waals surface area contributed by atoms with Crippen LogP contribution in [0.25, 0.3) is 0 Å². The number of nitrogens with zero attached hydrogens (tertiary/aromatic N) is 2. The average molecular weight is 294 g/mol. The van der Waals surface area contributed by atoms with Crippen molar-refractivity contribution in [2.75, 3.05) is 0 Å². The summed E-state index contributed by atoms with van der Waals surface area (Å²) < 4.78 is 0. The first-order valence-corrected chi connectivity index (χ1v) is 7.89. The van der Waals surface area contributed by atoms with E-state index in [9.17, 15) is 5.21 Å². The summed E-state index contributed by atoms with van der Waals surface area (Å²) in [4.78, 5) is 2.42. The molecule has 1 aliphatic rings. The molecule has 0 amide bonds. The van der Waals surface area contributed by atoms with Gasteiger partial charge in [-0.3, -0.25) is 4.90 Å². The van der Waals surface area contributed by atoms with E-state index in [0.717, 1.165) is 38.1 Å². The minimum atomic E-state index is 0.241. The summed E-state index contributed by atoms with van der Waals surface area (Å²) in [6.45, 7) is 1.75. The second kappa shape index (κ2) is 7.23. The molecule has 22 heavy (non-hydrogen) atoms. The molecule has 0 unspecified atom stereocenters. The Morgan fingerprint density at radius 1 is 0.909 bits per heavy atom. The van der Waals surface area contributed by atoms with Crippen molar-refractivity contribution in [3.8, 4) is 0 Å². The maximum Gasteiger partial charge on any atom is 0.0742 e. The first-order valence-electron chi connectivity index (χ1n) is 7.89. The zero-order valence-corrected chi connectivity index (χ0v) is 12.7. The van der Waals surface area contributed by atoms with E-state index in [1.165, 1.54) is 11.1 Å². The topological polar surface area (TPSA) is 35.8 Å². The molecular weight excluding hydrogens is 272 g/mol. The van der Waals surface area contributed by atoms with Crippen LogP contribution in [0.4, 0.5) is 0 Å². The summed E-state index contributed by atoms with van der Waals surface area (Å²) in [6.07, 6.45) is 3.07. The monoisotopic (exact) mass is 294 g/mol. The lowest BCUT2D eigenvalue weighted by Gasteiger charge is -2.29. The molecule has 3 heteroatoms. The third-order valence-electron chi connectivity index (χ3n) is 4.32. The molecule has 3 nitrogen and oxygen atoms in total. The molecule has 0 bridgehead atoms. The van der Waals surface area contributed by atoms with Gasteiger partial charge in [-0.15, -0.1) is 0 Å². The van der Waals surface area contributed by atoms with Crippen LogP contribution in [0.2, 0.25) is 0 Å². The zero-order valence-electron chi connectivity index (χ0n) is 12.7. The van der Waals surface area contributed by atoms with Crippen molar-refractivity contribution in [3.63, 3.8) is 0 Å². The predicted octanol–water partition coefficient (Wildman–Crippen LogP) is 4.07. The Kier molecular flexibility index (Phi) is 4.86. The fourth-order valence-electron chi connectivity index (χ4n) is 3.23. The molecule has 0 aliphatic heterocycles. The van der Waals surface area contributed by atoms with Crippen LogP contribution in [0.1, 0.15) is 30.4 Å². The first kappa shape index (κ1) is 14.8. The highest BCUT2D eigenvalue weighted by molar-refractivity contribution is 5.90. The highest BCUT2D eigenvalue weighted by Gasteiger charge is 2.29. The SMILES string of the molecule is O/N=C1\CCC[C@H]1N(Cc1ccccc1)Cc1ccccc1. The number of rotatable bonds is 5. The fourth-order valence-corrected chi connectivity index (χ4v) is 3.23. The minimum absolute atomic E-state index is 0.241. The molecule has 0 radical (unpaired) electrons. The maximum atomic E-state index is 9.28. The van der Waals surface area contributed by atoms with Crippen LogP contribution in [-0.4, -0.2) is 21.9 Å². The largest absolute Gasteiger partial charge is 0.411 e. The lowest BCUT2D eigenvalue weighted by Crippen LogP contribution is -2.37. The molecule has 0 heterocycles.